The minimum Gasteiger partial charge on any atom is -0.364 e. The molecule has 1 aromatic carbocycles. The Kier molecular flexibility index (Phi) is 3.13. The zero-order chi connectivity index (χ0) is 13.2. The molecular formula is C15H12ClFN2. The summed E-state index contributed by atoms with van der Waals surface area (Å²) in [6.45, 7) is 0. The molecule has 4 heteroatoms. The number of hydrogen-bond donors (Lipinski definition) is 2. The lowest BCUT2D eigenvalue weighted by molar-refractivity contribution is 0.627. The molecule has 0 bridgehead atoms. The third-order valence-electron chi connectivity index (χ3n) is 3.14. The summed E-state index contributed by atoms with van der Waals surface area (Å²) < 4.78 is 13.3. The molecule has 0 amide bonds. The molecule has 0 spiro atoms. The summed E-state index contributed by atoms with van der Waals surface area (Å²) in [5.41, 5.74) is 3.01. The number of rotatable bonds is 3. The number of aromatic amines is 2. The monoisotopic (exact) mass is 274 g/mol. The van der Waals surface area contributed by atoms with E-state index in [9.17, 15) is 4.39 Å². The van der Waals surface area contributed by atoms with Crippen LogP contribution >= 0.6 is 11.6 Å². The van der Waals surface area contributed by atoms with Gasteiger partial charge < -0.3 is 9.97 Å². The molecule has 0 aliphatic carbocycles. The molecule has 3 aromatic rings. The van der Waals surface area contributed by atoms with E-state index in [1.165, 1.54) is 6.07 Å². The Morgan fingerprint density at radius 2 is 1.58 bits per heavy atom. The van der Waals surface area contributed by atoms with Crippen molar-refractivity contribution < 1.29 is 4.39 Å². The van der Waals surface area contributed by atoms with Crippen LogP contribution in [0.2, 0.25) is 5.02 Å². The molecule has 0 fully saturated rings. The molecule has 0 atom stereocenters. The van der Waals surface area contributed by atoms with Crippen molar-refractivity contribution in [3.05, 3.63) is 82.6 Å². The van der Waals surface area contributed by atoms with E-state index in [1.54, 1.807) is 12.1 Å². The Morgan fingerprint density at radius 3 is 2.05 bits per heavy atom. The van der Waals surface area contributed by atoms with Crippen LogP contribution in [0.5, 0.6) is 0 Å². The van der Waals surface area contributed by atoms with Crippen LogP contribution in [0.3, 0.4) is 0 Å². The van der Waals surface area contributed by atoms with Gasteiger partial charge in [0.2, 0.25) is 0 Å². The van der Waals surface area contributed by atoms with E-state index < -0.39 is 5.82 Å². The molecule has 19 heavy (non-hydrogen) atoms. The van der Waals surface area contributed by atoms with E-state index in [-0.39, 0.29) is 10.9 Å². The molecule has 0 saturated carbocycles. The fourth-order valence-electron chi connectivity index (χ4n) is 2.27. The van der Waals surface area contributed by atoms with Gasteiger partial charge >= 0.3 is 0 Å². The first kappa shape index (κ1) is 12.1. The standard InChI is InChI=1S/C15H12ClFN2/c16-11-9-10(5-6-12(11)17)15(13-3-1-7-18-13)14-4-2-8-19-14/h1-9,15,18-19H. The van der Waals surface area contributed by atoms with Crippen LogP contribution in [0.1, 0.15) is 22.9 Å². The summed E-state index contributed by atoms with van der Waals surface area (Å²) in [5, 5.41) is 0.139. The summed E-state index contributed by atoms with van der Waals surface area (Å²) >= 11 is 5.89. The van der Waals surface area contributed by atoms with E-state index in [1.807, 2.05) is 36.7 Å². The lowest BCUT2D eigenvalue weighted by Crippen LogP contribution is -2.04. The minimum absolute atomic E-state index is 0.0110. The summed E-state index contributed by atoms with van der Waals surface area (Å²) in [7, 11) is 0. The van der Waals surface area contributed by atoms with Gasteiger partial charge in [-0.2, -0.15) is 0 Å². The average Bonchev–Trinajstić information content (AvgIpc) is 3.07. The third kappa shape index (κ3) is 2.29. The van der Waals surface area contributed by atoms with Gasteiger partial charge in [0.1, 0.15) is 5.82 Å². The second kappa shape index (κ2) is 4.94. The number of aromatic nitrogens is 2. The molecule has 0 unspecified atom stereocenters. The van der Waals surface area contributed by atoms with Gasteiger partial charge in [0.05, 0.1) is 10.9 Å². The molecule has 2 N–H and O–H groups in total. The minimum atomic E-state index is -0.401. The average molecular weight is 275 g/mol. The summed E-state index contributed by atoms with van der Waals surface area (Å²) in [5.74, 6) is -0.412. The van der Waals surface area contributed by atoms with Crippen molar-refractivity contribution in [3.63, 3.8) is 0 Å². The van der Waals surface area contributed by atoms with E-state index in [0.29, 0.717) is 0 Å². The van der Waals surface area contributed by atoms with E-state index in [2.05, 4.69) is 9.97 Å². The van der Waals surface area contributed by atoms with E-state index in [0.717, 1.165) is 17.0 Å². The van der Waals surface area contributed by atoms with Gasteiger partial charge in [-0.1, -0.05) is 17.7 Å². The van der Waals surface area contributed by atoms with Gasteiger partial charge in [-0.05, 0) is 42.0 Å². The summed E-state index contributed by atoms with van der Waals surface area (Å²) in [4.78, 5) is 6.40. The van der Waals surface area contributed by atoms with Crippen molar-refractivity contribution in [1.82, 2.24) is 9.97 Å². The van der Waals surface area contributed by atoms with Crippen LogP contribution in [0, 0.1) is 5.82 Å². The SMILES string of the molecule is Fc1ccc(C(c2ccc[nH]2)c2ccc[nH]2)cc1Cl. The number of nitrogens with one attached hydrogen (secondary N) is 2. The first-order valence-electron chi connectivity index (χ1n) is 5.97. The van der Waals surface area contributed by atoms with Gasteiger partial charge in [-0.25, -0.2) is 4.39 Å². The molecule has 0 radical (unpaired) electrons. The molecule has 0 aliphatic rings. The predicted molar refractivity (Wildman–Crippen MR) is 73.9 cm³/mol. The number of hydrogen-bond acceptors (Lipinski definition) is 0. The molecular weight excluding hydrogens is 263 g/mol. The second-order valence-electron chi connectivity index (χ2n) is 4.36. The molecule has 2 heterocycles. The first-order valence-corrected chi connectivity index (χ1v) is 6.35. The third-order valence-corrected chi connectivity index (χ3v) is 3.43. The van der Waals surface area contributed by atoms with Crippen LogP contribution < -0.4 is 0 Å². The Balaban J connectivity index is 2.12. The Bertz CT molecular complexity index is 625. The Labute approximate surface area is 115 Å². The maximum atomic E-state index is 13.3. The van der Waals surface area contributed by atoms with Gasteiger partial charge in [0, 0.05) is 23.8 Å². The second-order valence-corrected chi connectivity index (χ2v) is 4.76. The zero-order valence-corrected chi connectivity index (χ0v) is 10.8. The van der Waals surface area contributed by atoms with Gasteiger partial charge in [0.25, 0.3) is 0 Å². The van der Waals surface area contributed by atoms with Crippen LogP contribution in [0.4, 0.5) is 4.39 Å². The van der Waals surface area contributed by atoms with Crippen LogP contribution in [-0.4, -0.2) is 9.97 Å². The number of halogens is 2. The maximum Gasteiger partial charge on any atom is 0.141 e. The van der Waals surface area contributed by atoms with Crippen LogP contribution in [-0.2, 0) is 0 Å². The van der Waals surface area contributed by atoms with Crippen molar-refractivity contribution >= 4 is 11.6 Å². The van der Waals surface area contributed by atoms with Crippen molar-refractivity contribution in [2.45, 2.75) is 5.92 Å². The van der Waals surface area contributed by atoms with Crippen molar-refractivity contribution in [3.8, 4) is 0 Å². The highest BCUT2D eigenvalue weighted by atomic mass is 35.5. The van der Waals surface area contributed by atoms with Gasteiger partial charge in [-0.15, -0.1) is 0 Å². The highest BCUT2D eigenvalue weighted by Gasteiger charge is 2.19. The van der Waals surface area contributed by atoms with Crippen LogP contribution in [0.15, 0.2) is 54.9 Å². The quantitative estimate of drug-likeness (QED) is 0.713. The van der Waals surface area contributed by atoms with Crippen molar-refractivity contribution in [2.24, 2.45) is 0 Å². The highest BCUT2D eigenvalue weighted by molar-refractivity contribution is 6.30. The number of benzene rings is 1. The summed E-state index contributed by atoms with van der Waals surface area (Å²) in [6, 6.07) is 12.7. The van der Waals surface area contributed by atoms with Gasteiger partial charge in [0.15, 0.2) is 0 Å². The Hall–Kier alpha value is -2.00. The van der Waals surface area contributed by atoms with Crippen molar-refractivity contribution in [1.29, 1.82) is 0 Å². The molecule has 96 valence electrons. The predicted octanol–water partition coefficient (Wildman–Crippen LogP) is 4.32. The zero-order valence-electron chi connectivity index (χ0n) is 10.0. The maximum absolute atomic E-state index is 13.3. The molecule has 2 nitrogen and oxygen atoms in total. The fourth-order valence-corrected chi connectivity index (χ4v) is 2.46. The van der Waals surface area contributed by atoms with E-state index in [4.69, 9.17) is 11.6 Å². The highest BCUT2D eigenvalue weighted by Crippen LogP contribution is 2.31. The number of H-pyrrole nitrogens is 2. The molecule has 3 rings (SSSR count). The van der Waals surface area contributed by atoms with Crippen LogP contribution in [0.25, 0.3) is 0 Å². The smallest absolute Gasteiger partial charge is 0.141 e. The molecule has 2 aromatic heterocycles. The Morgan fingerprint density at radius 1 is 0.947 bits per heavy atom. The molecule has 0 saturated heterocycles. The van der Waals surface area contributed by atoms with Gasteiger partial charge in [-0.3, -0.25) is 0 Å². The van der Waals surface area contributed by atoms with Crippen molar-refractivity contribution in [2.75, 3.05) is 0 Å². The lowest BCUT2D eigenvalue weighted by atomic mass is 9.92. The lowest BCUT2D eigenvalue weighted by Gasteiger charge is -2.15. The normalized spacial score (nSPS) is 11.1. The molecule has 0 aliphatic heterocycles. The first-order chi connectivity index (χ1) is 9.25. The van der Waals surface area contributed by atoms with E-state index >= 15 is 0 Å². The largest absolute Gasteiger partial charge is 0.364 e. The fraction of sp³-hybridized carbons (Fsp3) is 0.0667. The summed E-state index contributed by atoms with van der Waals surface area (Å²) in [6.07, 6.45) is 3.74. The topological polar surface area (TPSA) is 31.6 Å².